The first-order valence-electron chi connectivity index (χ1n) is 8.27. The average Bonchev–Trinajstić information content (AvgIpc) is 3.12. The Morgan fingerprint density at radius 1 is 1.38 bits per heavy atom. The quantitative estimate of drug-likeness (QED) is 0.918. The number of ether oxygens (including phenoxy) is 1. The van der Waals surface area contributed by atoms with Crippen LogP contribution >= 0.6 is 0 Å². The Labute approximate surface area is 142 Å². The molecule has 1 N–H and O–H groups in total. The normalized spacial score (nSPS) is 16.9. The number of benzene rings is 1. The number of nitrogens with one attached hydrogen (secondary N) is 1. The summed E-state index contributed by atoms with van der Waals surface area (Å²) in [6, 6.07) is 11.9. The second-order valence-corrected chi connectivity index (χ2v) is 6.00. The first kappa shape index (κ1) is 16.3. The molecule has 1 saturated heterocycles. The van der Waals surface area contributed by atoms with E-state index in [0.29, 0.717) is 6.42 Å². The Kier molecular flexibility index (Phi) is 4.99. The number of carbonyl (C=O) groups excluding carboxylic acids is 1. The monoisotopic (exact) mass is 325 g/mol. The molecular formula is C19H23N3O2. The highest BCUT2D eigenvalue weighted by Gasteiger charge is 2.30. The zero-order valence-electron chi connectivity index (χ0n) is 14.2. The van der Waals surface area contributed by atoms with Crippen LogP contribution < -0.4 is 10.1 Å². The predicted molar refractivity (Wildman–Crippen MR) is 94.2 cm³/mol. The van der Waals surface area contributed by atoms with Crippen LogP contribution in [-0.2, 0) is 11.2 Å². The van der Waals surface area contributed by atoms with Gasteiger partial charge >= 0.3 is 0 Å². The Balaban J connectivity index is 1.75. The molecule has 1 aliphatic rings. The highest BCUT2D eigenvalue weighted by molar-refractivity contribution is 5.79. The van der Waals surface area contributed by atoms with Crippen molar-refractivity contribution in [2.24, 2.45) is 0 Å². The van der Waals surface area contributed by atoms with E-state index >= 15 is 0 Å². The van der Waals surface area contributed by atoms with E-state index in [1.165, 1.54) is 0 Å². The molecule has 1 fully saturated rings. The van der Waals surface area contributed by atoms with Gasteiger partial charge in [0.1, 0.15) is 11.6 Å². The van der Waals surface area contributed by atoms with E-state index in [1.807, 2.05) is 48.3 Å². The van der Waals surface area contributed by atoms with E-state index in [4.69, 9.17) is 4.74 Å². The maximum atomic E-state index is 12.8. The van der Waals surface area contributed by atoms with Gasteiger partial charge in [-0.25, -0.2) is 4.98 Å². The van der Waals surface area contributed by atoms with Crippen molar-refractivity contribution in [2.75, 3.05) is 26.0 Å². The largest absolute Gasteiger partial charge is 0.497 e. The van der Waals surface area contributed by atoms with Crippen LogP contribution in [0.15, 0.2) is 42.6 Å². The third-order valence-electron chi connectivity index (χ3n) is 4.49. The molecule has 0 spiro atoms. The molecule has 1 aliphatic heterocycles. The molecule has 5 heteroatoms. The van der Waals surface area contributed by atoms with Gasteiger partial charge in [-0.1, -0.05) is 12.1 Å². The van der Waals surface area contributed by atoms with E-state index in [-0.39, 0.29) is 11.9 Å². The van der Waals surface area contributed by atoms with Crippen LogP contribution in [0.5, 0.6) is 5.75 Å². The molecule has 0 aliphatic carbocycles. The molecule has 126 valence electrons. The van der Waals surface area contributed by atoms with Gasteiger partial charge < -0.3 is 15.0 Å². The van der Waals surface area contributed by atoms with E-state index in [0.717, 1.165) is 42.1 Å². The molecule has 1 unspecified atom stereocenters. The number of pyridine rings is 1. The smallest absolute Gasteiger partial charge is 0.227 e. The van der Waals surface area contributed by atoms with E-state index in [1.54, 1.807) is 13.3 Å². The van der Waals surface area contributed by atoms with Crippen molar-refractivity contribution in [3.8, 4) is 5.75 Å². The molecule has 0 saturated carbocycles. The number of likely N-dealkylation sites (tertiary alicyclic amines) is 1. The fraction of sp³-hybridized carbons (Fsp3) is 0.368. The molecule has 5 nitrogen and oxygen atoms in total. The lowest BCUT2D eigenvalue weighted by molar-refractivity contribution is -0.131. The molecule has 0 bridgehead atoms. The molecular weight excluding hydrogens is 302 g/mol. The topological polar surface area (TPSA) is 54.5 Å². The van der Waals surface area contributed by atoms with Crippen molar-refractivity contribution >= 4 is 11.7 Å². The summed E-state index contributed by atoms with van der Waals surface area (Å²) in [4.78, 5) is 19.1. The number of rotatable bonds is 5. The highest BCUT2D eigenvalue weighted by atomic mass is 16.5. The molecule has 1 aromatic carbocycles. The first-order chi connectivity index (χ1) is 11.7. The number of carbonyl (C=O) groups is 1. The second kappa shape index (κ2) is 7.34. The molecule has 1 atom stereocenters. The van der Waals surface area contributed by atoms with Crippen LogP contribution in [0.25, 0.3) is 0 Å². The van der Waals surface area contributed by atoms with Gasteiger partial charge in [-0.05, 0) is 48.2 Å². The lowest BCUT2D eigenvalue weighted by atomic mass is 10.0. The molecule has 0 radical (unpaired) electrons. The minimum absolute atomic E-state index is 0.137. The van der Waals surface area contributed by atoms with Crippen molar-refractivity contribution in [1.29, 1.82) is 0 Å². The average molecular weight is 325 g/mol. The summed E-state index contributed by atoms with van der Waals surface area (Å²) in [5, 5.41) is 3.06. The highest BCUT2D eigenvalue weighted by Crippen LogP contribution is 2.33. The minimum Gasteiger partial charge on any atom is -0.497 e. The summed E-state index contributed by atoms with van der Waals surface area (Å²) in [5.74, 6) is 1.78. The third-order valence-corrected chi connectivity index (χ3v) is 4.49. The van der Waals surface area contributed by atoms with Crippen molar-refractivity contribution in [3.63, 3.8) is 0 Å². The van der Waals surface area contributed by atoms with E-state index in [9.17, 15) is 4.79 Å². The van der Waals surface area contributed by atoms with Gasteiger partial charge in [0, 0.05) is 19.8 Å². The minimum atomic E-state index is 0.137. The maximum Gasteiger partial charge on any atom is 0.227 e. The second-order valence-electron chi connectivity index (χ2n) is 6.00. The Morgan fingerprint density at radius 2 is 2.25 bits per heavy atom. The van der Waals surface area contributed by atoms with E-state index in [2.05, 4.69) is 10.3 Å². The van der Waals surface area contributed by atoms with Crippen LogP contribution in [0.3, 0.4) is 0 Å². The first-order valence-corrected chi connectivity index (χ1v) is 8.27. The third kappa shape index (κ3) is 3.50. The molecule has 24 heavy (non-hydrogen) atoms. The Morgan fingerprint density at radius 3 is 3.04 bits per heavy atom. The summed E-state index contributed by atoms with van der Waals surface area (Å²) in [6.45, 7) is 0.810. The van der Waals surface area contributed by atoms with Gasteiger partial charge in [0.25, 0.3) is 0 Å². The van der Waals surface area contributed by atoms with Crippen molar-refractivity contribution in [3.05, 3.63) is 53.7 Å². The van der Waals surface area contributed by atoms with Crippen molar-refractivity contribution < 1.29 is 9.53 Å². The van der Waals surface area contributed by atoms with Crippen LogP contribution in [0.4, 0.5) is 5.82 Å². The number of anilines is 1. The van der Waals surface area contributed by atoms with Crippen LogP contribution in [0.2, 0.25) is 0 Å². The van der Waals surface area contributed by atoms with Gasteiger partial charge in [0.05, 0.1) is 19.6 Å². The van der Waals surface area contributed by atoms with Crippen LogP contribution in [0, 0.1) is 0 Å². The summed E-state index contributed by atoms with van der Waals surface area (Å²) >= 11 is 0. The lowest BCUT2D eigenvalue weighted by Crippen LogP contribution is -2.31. The molecule has 1 amide bonds. The summed E-state index contributed by atoms with van der Waals surface area (Å²) < 4.78 is 5.24. The van der Waals surface area contributed by atoms with Gasteiger partial charge in [0.2, 0.25) is 5.91 Å². The lowest BCUT2D eigenvalue weighted by Gasteiger charge is -2.25. The zero-order chi connectivity index (χ0) is 16.9. The van der Waals surface area contributed by atoms with Gasteiger partial charge in [-0.3, -0.25) is 4.79 Å². The van der Waals surface area contributed by atoms with E-state index < -0.39 is 0 Å². The summed E-state index contributed by atoms with van der Waals surface area (Å²) in [5.41, 5.74) is 2.13. The molecule has 2 aromatic rings. The summed E-state index contributed by atoms with van der Waals surface area (Å²) in [7, 11) is 3.49. The molecule has 1 aromatic heterocycles. The van der Waals surface area contributed by atoms with Crippen molar-refractivity contribution in [2.45, 2.75) is 25.3 Å². The van der Waals surface area contributed by atoms with Crippen molar-refractivity contribution in [1.82, 2.24) is 9.88 Å². The van der Waals surface area contributed by atoms with Gasteiger partial charge in [0.15, 0.2) is 0 Å². The number of aromatic nitrogens is 1. The Bertz CT molecular complexity index is 717. The predicted octanol–water partition coefficient (Wildman–Crippen LogP) is 3.04. The number of nitrogens with zero attached hydrogens (tertiary/aromatic N) is 2. The number of hydrogen-bond acceptors (Lipinski definition) is 4. The number of hydrogen-bond donors (Lipinski definition) is 1. The van der Waals surface area contributed by atoms with Gasteiger partial charge in [-0.15, -0.1) is 0 Å². The molecule has 3 rings (SSSR count). The van der Waals surface area contributed by atoms with Crippen LogP contribution in [-0.4, -0.2) is 36.5 Å². The maximum absolute atomic E-state index is 12.8. The van der Waals surface area contributed by atoms with Crippen LogP contribution in [0.1, 0.15) is 30.0 Å². The fourth-order valence-electron chi connectivity index (χ4n) is 3.26. The van der Waals surface area contributed by atoms with Gasteiger partial charge in [-0.2, -0.15) is 0 Å². The molecule has 2 heterocycles. The number of methoxy groups -OCH3 is 1. The zero-order valence-corrected chi connectivity index (χ0v) is 14.2. The standard InChI is InChI=1S/C19H23N3O2/c1-20-18-13-15(8-9-21-18)17-7-4-10-22(17)19(23)12-14-5-3-6-16(11-14)24-2/h3,5-6,8-9,11,13,17H,4,7,10,12H2,1-2H3,(H,20,21). The number of amides is 1. The fourth-order valence-corrected chi connectivity index (χ4v) is 3.26. The Hall–Kier alpha value is -2.56. The SMILES string of the molecule is CNc1cc(C2CCCN2C(=O)Cc2cccc(OC)c2)ccn1. The summed E-state index contributed by atoms with van der Waals surface area (Å²) in [6.07, 6.45) is 4.23.